The lowest BCUT2D eigenvalue weighted by molar-refractivity contribution is -0.385. The molecule has 0 amide bonds. The Hall–Kier alpha value is -1.55. The molecule has 0 aromatic heterocycles. The Kier molecular flexibility index (Phi) is 4.81. The maximum atomic E-state index is 12.5. The number of nitro groups is 1. The number of nitro benzene ring substituents is 1. The highest BCUT2D eigenvalue weighted by Crippen LogP contribution is 2.37. The van der Waals surface area contributed by atoms with Gasteiger partial charge in [-0.25, -0.2) is 0 Å². The van der Waals surface area contributed by atoms with Crippen LogP contribution in [0, 0.1) is 13.7 Å². The molecule has 2 aromatic carbocycles. The van der Waals surface area contributed by atoms with Gasteiger partial charge in [-0.3, -0.25) is 10.1 Å². The highest BCUT2D eigenvalue weighted by atomic mass is 127. The summed E-state index contributed by atoms with van der Waals surface area (Å²) in [6, 6.07) is 6.68. The normalized spacial score (nSPS) is 11.3. The van der Waals surface area contributed by atoms with Crippen LogP contribution in [0.15, 0.2) is 36.4 Å². The molecular weight excluding hydrogens is 437 g/mol. The Labute approximate surface area is 141 Å². The van der Waals surface area contributed by atoms with Gasteiger partial charge >= 0.3 is 6.18 Å². The van der Waals surface area contributed by atoms with Crippen LogP contribution in [-0.4, -0.2) is 4.92 Å². The van der Waals surface area contributed by atoms with E-state index in [2.05, 4.69) is 0 Å². The molecule has 0 bridgehead atoms. The van der Waals surface area contributed by atoms with Crippen LogP contribution in [0.2, 0.25) is 5.02 Å². The fourth-order valence-electron chi connectivity index (χ4n) is 1.59. The summed E-state index contributed by atoms with van der Waals surface area (Å²) < 4.78 is 43.3. The van der Waals surface area contributed by atoms with E-state index in [0.29, 0.717) is 3.57 Å². The highest BCUT2D eigenvalue weighted by Gasteiger charge is 2.31. The molecule has 0 aliphatic heterocycles. The summed E-state index contributed by atoms with van der Waals surface area (Å²) in [5, 5.41) is 10.5. The Morgan fingerprint density at radius 2 is 1.86 bits per heavy atom. The van der Waals surface area contributed by atoms with E-state index in [0.717, 1.165) is 18.2 Å². The van der Waals surface area contributed by atoms with Gasteiger partial charge in [0.15, 0.2) is 0 Å². The topological polar surface area (TPSA) is 52.4 Å². The van der Waals surface area contributed by atoms with Crippen molar-refractivity contribution in [3.63, 3.8) is 0 Å². The quantitative estimate of drug-likeness (QED) is 0.349. The predicted octanol–water partition coefficient (Wildman–Crippen LogP) is 5.66. The summed E-state index contributed by atoms with van der Waals surface area (Å²) >= 11 is 7.54. The first-order valence-electron chi connectivity index (χ1n) is 5.67. The van der Waals surface area contributed by atoms with Crippen molar-refractivity contribution in [1.82, 2.24) is 0 Å². The van der Waals surface area contributed by atoms with Crippen molar-refractivity contribution in [2.45, 2.75) is 6.18 Å². The monoisotopic (exact) mass is 443 g/mol. The van der Waals surface area contributed by atoms with Crippen molar-refractivity contribution < 1.29 is 22.8 Å². The number of rotatable bonds is 3. The van der Waals surface area contributed by atoms with Crippen LogP contribution in [0.4, 0.5) is 18.9 Å². The lowest BCUT2D eigenvalue weighted by atomic mass is 10.2. The maximum absolute atomic E-state index is 12.5. The van der Waals surface area contributed by atoms with Gasteiger partial charge in [-0.1, -0.05) is 11.6 Å². The first-order chi connectivity index (χ1) is 10.2. The zero-order chi connectivity index (χ0) is 16.5. The first kappa shape index (κ1) is 16.8. The molecule has 0 heterocycles. The fraction of sp³-hybridized carbons (Fsp3) is 0.0769. The van der Waals surface area contributed by atoms with Crippen LogP contribution in [0.5, 0.6) is 11.5 Å². The van der Waals surface area contributed by atoms with Gasteiger partial charge < -0.3 is 4.74 Å². The standard InChI is InChI=1S/C13H6ClF3INO3/c14-9-5-7(13(15,16)17)1-4-12(9)22-8-2-3-11(19(20)21)10(18)6-8/h1-6H. The third-order valence-electron chi connectivity index (χ3n) is 2.60. The van der Waals surface area contributed by atoms with E-state index in [1.165, 1.54) is 18.2 Å². The molecule has 0 aliphatic carbocycles. The zero-order valence-corrected chi connectivity index (χ0v) is 13.4. The van der Waals surface area contributed by atoms with Crippen LogP contribution in [-0.2, 0) is 6.18 Å². The molecule has 0 aliphatic rings. The zero-order valence-electron chi connectivity index (χ0n) is 10.5. The van der Waals surface area contributed by atoms with Gasteiger partial charge in [0.05, 0.1) is 19.1 Å². The molecule has 116 valence electrons. The fourth-order valence-corrected chi connectivity index (χ4v) is 2.49. The maximum Gasteiger partial charge on any atom is 0.416 e. The number of benzene rings is 2. The number of hydrogen-bond acceptors (Lipinski definition) is 3. The van der Waals surface area contributed by atoms with Crippen LogP contribution in [0.3, 0.4) is 0 Å². The van der Waals surface area contributed by atoms with Crippen molar-refractivity contribution in [1.29, 1.82) is 0 Å². The van der Waals surface area contributed by atoms with Gasteiger partial charge in [0, 0.05) is 12.1 Å². The van der Waals surface area contributed by atoms with Crippen molar-refractivity contribution in [3.8, 4) is 11.5 Å². The molecule has 9 heteroatoms. The molecule has 2 aromatic rings. The van der Waals surface area contributed by atoms with Crippen molar-refractivity contribution in [3.05, 3.63) is 60.7 Å². The Morgan fingerprint density at radius 1 is 1.18 bits per heavy atom. The van der Waals surface area contributed by atoms with E-state index in [-0.39, 0.29) is 22.2 Å². The van der Waals surface area contributed by atoms with Gasteiger partial charge in [-0.05, 0) is 46.9 Å². The lowest BCUT2D eigenvalue weighted by Gasteiger charge is -2.11. The molecule has 0 N–H and O–H groups in total. The van der Waals surface area contributed by atoms with Crippen LogP contribution >= 0.6 is 34.2 Å². The summed E-state index contributed by atoms with van der Waals surface area (Å²) in [5.74, 6) is 0.260. The third kappa shape index (κ3) is 3.80. The van der Waals surface area contributed by atoms with E-state index < -0.39 is 16.7 Å². The molecule has 0 radical (unpaired) electrons. The van der Waals surface area contributed by atoms with Gasteiger partial charge in [-0.2, -0.15) is 13.2 Å². The van der Waals surface area contributed by atoms with E-state index in [1.54, 1.807) is 22.6 Å². The second kappa shape index (κ2) is 6.29. The minimum atomic E-state index is -4.50. The molecule has 0 saturated carbocycles. The molecule has 22 heavy (non-hydrogen) atoms. The van der Waals surface area contributed by atoms with Crippen molar-refractivity contribution >= 4 is 39.9 Å². The average Bonchev–Trinajstić information content (AvgIpc) is 2.39. The Balaban J connectivity index is 2.28. The molecular formula is C13H6ClF3INO3. The van der Waals surface area contributed by atoms with Crippen LogP contribution in [0.25, 0.3) is 0 Å². The molecule has 0 unspecified atom stereocenters. The largest absolute Gasteiger partial charge is 0.456 e. The number of nitrogens with zero attached hydrogens (tertiary/aromatic N) is 1. The van der Waals surface area contributed by atoms with Gasteiger partial charge in [0.1, 0.15) is 11.5 Å². The molecule has 0 fully saturated rings. The summed E-state index contributed by atoms with van der Waals surface area (Å²) in [6.45, 7) is 0. The van der Waals surface area contributed by atoms with Gasteiger partial charge in [0.25, 0.3) is 5.69 Å². The summed E-state index contributed by atoms with van der Waals surface area (Å²) in [6.07, 6.45) is -4.50. The minimum Gasteiger partial charge on any atom is -0.456 e. The van der Waals surface area contributed by atoms with Gasteiger partial charge in [0.2, 0.25) is 0 Å². The smallest absolute Gasteiger partial charge is 0.416 e. The minimum absolute atomic E-state index is 0.0271. The summed E-state index contributed by atoms with van der Waals surface area (Å²) in [5.41, 5.74) is -0.977. The third-order valence-corrected chi connectivity index (χ3v) is 3.76. The molecule has 0 atom stereocenters. The Bertz CT molecular complexity index is 737. The van der Waals surface area contributed by atoms with Crippen molar-refractivity contribution in [2.24, 2.45) is 0 Å². The van der Waals surface area contributed by atoms with Gasteiger partial charge in [-0.15, -0.1) is 0 Å². The van der Waals surface area contributed by atoms with E-state index in [4.69, 9.17) is 16.3 Å². The van der Waals surface area contributed by atoms with E-state index in [9.17, 15) is 23.3 Å². The summed E-state index contributed by atoms with van der Waals surface area (Å²) in [7, 11) is 0. The number of alkyl halides is 3. The summed E-state index contributed by atoms with van der Waals surface area (Å²) in [4.78, 5) is 10.2. The molecule has 4 nitrogen and oxygen atoms in total. The molecule has 0 spiro atoms. The Morgan fingerprint density at radius 3 is 2.36 bits per heavy atom. The number of halogens is 5. The van der Waals surface area contributed by atoms with Crippen molar-refractivity contribution in [2.75, 3.05) is 0 Å². The first-order valence-corrected chi connectivity index (χ1v) is 7.12. The molecule has 2 rings (SSSR count). The highest BCUT2D eigenvalue weighted by molar-refractivity contribution is 14.1. The second-order valence-electron chi connectivity index (χ2n) is 4.12. The molecule has 0 saturated heterocycles. The van der Waals surface area contributed by atoms with Crippen LogP contribution in [0.1, 0.15) is 5.56 Å². The van der Waals surface area contributed by atoms with E-state index in [1.807, 2.05) is 0 Å². The number of hydrogen-bond donors (Lipinski definition) is 0. The predicted molar refractivity (Wildman–Crippen MR) is 82.3 cm³/mol. The average molecular weight is 444 g/mol. The second-order valence-corrected chi connectivity index (χ2v) is 5.68. The SMILES string of the molecule is O=[N+]([O-])c1ccc(Oc2ccc(C(F)(F)F)cc2Cl)cc1I. The van der Waals surface area contributed by atoms with Crippen LogP contribution < -0.4 is 4.74 Å². The number of ether oxygens (including phenoxy) is 1. The lowest BCUT2D eigenvalue weighted by Crippen LogP contribution is -2.04. The van der Waals surface area contributed by atoms with E-state index >= 15 is 0 Å².